The van der Waals surface area contributed by atoms with Gasteiger partial charge in [-0.15, -0.1) is 0 Å². The summed E-state index contributed by atoms with van der Waals surface area (Å²) in [5, 5.41) is 3.97. The van der Waals surface area contributed by atoms with Gasteiger partial charge in [0.05, 0.1) is 19.1 Å². The summed E-state index contributed by atoms with van der Waals surface area (Å²) in [4.78, 5) is 24.9. The maximum Gasteiger partial charge on any atom is 0.262 e. The van der Waals surface area contributed by atoms with Crippen molar-refractivity contribution < 1.29 is 19.0 Å². The van der Waals surface area contributed by atoms with Crippen LogP contribution in [0, 0.1) is 0 Å². The van der Waals surface area contributed by atoms with E-state index in [-0.39, 0.29) is 18.1 Å². The van der Waals surface area contributed by atoms with Crippen molar-refractivity contribution in [3.8, 4) is 11.5 Å². The number of amides is 1. The predicted molar refractivity (Wildman–Crippen MR) is 112 cm³/mol. The molecular weight excluding hydrogens is 372 g/mol. The van der Waals surface area contributed by atoms with Crippen molar-refractivity contribution in [1.82, 2.24) is 4.57 Å². The molecule has 1 heterocycles. The molecule has 0 bridgehead atoms. The minimum atomic E-state index is -0.294. The van der Waals surface area contributed by atoms with Crippen molar-refractivity contribution in [1.29, 1.82) is 0 Å². The van der Waals surface area contributed by atoms with Crippen LogP contribution in [0.25, 0.3) is 10.8 Å². The molecule has 0 unspecified atom stereocenters. The molecule has 0 saturated heterocycles. The van der Waals surface area contributed by atoms with Gasteiger partial charge in [-0.2, -0.15) is 0 Å². The van der Waals surface area contributed by atoms with Crippen molar-refractivity contribution in [2.24, 2.45) is 0 Å². The third kappa shape index (κ3) is 5.14. The number of hydrogen-bond acceptors (Lipinski definition) is 5. The first-order chi connectivity index (χ1) is 14.1. The molecule has 1 aromatic heterocycles. The van der Waals surface area contributed by atoms with Crippen LogP contribution in [0.3, 0.4) is 0 Å². The maximum atomic E-state index is 12.7. The number of aromatic nitrogens is 1. The molecule has 29 heavy (non-hydrogen) atoms. The lowest BCUT2D eigenvalue weighted by Crippen LogP contribution is -2.22. The number of carbonyl (C=O) groups is 1. The first kappa shape index (κ1) is 20.4. The van der Waals surface area contributed by atoms with Gasteiger partial charge in [-0.25, -0.2) is 0 Å². The molecule has 3 aromatic rings. The normalized spacial score (nSPS) is 10.7. The average molecular weight is 396 g/mol. The number of anilines is 1. The van der Waals surface area contributed by atoms with Crippen LogP contribution in [0.4, 0.5) is 5.69 Å². The zero-order chi connectivity index (χ0) is 20.6. The number of methoxy groups -OCH3 is 1. The number of rotatable bonds is 9. The van der Waals surface area contributed by atoms with Crippen LogP contribution in [-0.2, 0) is 16.1 Å². The summed E-state index contributed by atoms with van der Waals surface area (Å²) in [5.41, 5.74) is 0.532. The molecule has 0 spiro atoms. The Labute approximate surface area is 168 Å². The molecule has 0 aliphatic heterocycles. The molecule has 1 N–H and O–H groups in total. The van der Waals surface area contributed by atoms with Gasteiger partial charge in [-0.05, 0) is 49.4 Å². The van der Waals surface area contributed by atoms with Crippen LogP contribution >= 0.6 is 0 Å². The summed E-state index contributed by atoms with van der Waals surface area (Å²) >= 11 is 0. The highest BCUT2D eigenvalue weighted by Gasteiger charge is 2.10. The monoisotopic (exact) mass is 396 g/mol. The third-order valence-electron chi connectivity index (χ3n) is 4.39. The van der Waals surface area contributed by atoms with Crippen LogP contribution in [0.5, 0.6) is 11.5 Å². The molecule has 0 saturated carbocycles. The minimum Gasteiger partial charge on any atom is -0.497 e. The van der Waals surface area contributed by atoms with Gasteiger partial charge in [0, 0.05) is 30.4 Å². The fourth-order valence-corrected chi connectivity index (χ4v) is 2.91. The molecule has 7 heteroatoms. The number of pyridine rings is 1. The molecule has 152 valence electrons. The fraction of sp³-hybridized carbons (Fsp3) is 0.273. The standard InChI is InChI=1S/C22H24N2O5/c1-3-28-14-13-24-12-11-18-19(22(24)26)5-4-6-20(18)29-15-21(25)23-16-7-9-17(27-2)10-8-16/h4-12H,3,13-15H2,1-2H3,(H,23,25). The van der Waals surface area contributed by atoms with Crippen molar-refractivity contribution >= 4 is 22.4 Å². The topological polar surface area (TPSA) is 78.8 Å². The lowest BCUT2D eigenvalue weighted by atomic mass is 10.1. The number of carbonyl (C=O) groups excluding carboxylic acids is 1. The van der Waals surface area contributed by atoms with Crippen LogP contribution in [-0.4, -0.2) is 37.4 Å². The SMILES string of the molecule is CCOCCn1ccc2c(OCC(=O)Nc3ccc(OC)cc3)cccc2c1=O. The molecular formula is C22H24N2O5. The van der Waals surface area contributed by atoms with E-state index in [1.165, 1.54) is 0 Å². The molecule has 0 aliphatic carbocycles. The Hall–Kier alpha value is -3.32. The Morgan fingerprint density at radius 3 is 2.59 bits per heavy atom. The number of fused-ring (bicyclic) bond motifs is 1. The van der Waals surface area contributed by atoms with E-state index < -0.39 is 0 Å². The van der Waals surface area contributed by atoms with Crippen LogP contribution < -0.4 is 20.3 Å². The highest BCUT2D eigenvalue weighted by molar-refractivity contribution is 5.92. The second-order valence-corrected chi connectivity index (χ2v) is 6.29. The number of nitrogens with one attached hydrogen (secondary N) is 1. The summed E-state index contributed by atoms with van der Waals surface area (Å²) in [6.07, 6.45) is 1.72. The first-order valence-electron chi connectivity index (χ1n) is 9.39. The van der Waals surface area contributed by atoms with Crippen molar-refractivity contribution in [2.75, 3.05) is 32.2 Å². The Morgan fingerprint density at radius 1 is 1.07 bits per heavy atom. The lowest BCUT2D eigenvalue weighted by Gasteiger charge is -2.12. The largest absolute Gasteiger partial charge is 0.497 e. The second kappa shape index (κ2) is 9.75. The van der Waals surface area contributed by atoms with Gasteiger partial charge >= 0.3 is 0 Å². The summed E-state index contributed by atoms with van der Waals surface area (Å²) in [6, 6.07) is 14.1. The number of ether oxygens (including phenoxy) is 3. The molecule has 3 rings (SSSR count). The molecule has 2 aromatic carbocycles. The molecule has 0 fully saturated rings. The van der Waals surface area contributed by atoms with E-state index in [4.69, 9.17) is 14.2 Å². The van der Waals surface area contributed by atoms with Crippen molar-refractivity contribution in [3.63, 3.8) is 0 Å². The summed E-state index contributed by atoms with van der Waals surface area (Å²) in [5.74, 6) is 0.903. The van der Waals surface area contributed by atoms with E-state index in [0.717, 1.165) is 0 Å². The fourth-order valence-electron chi connectivity index (χ4n) is 2.91. The molecule has 0 atom stereocenters. The Balaban J connectivity index is 1.68. The van der Waals surface area contributed by atoms with Gasteiger partial charge < -0.3 is 24.1 Å². The number of benzene rings is 2. The molecule has 0 radical (unpaired) electrons. The minimum absolute atomic E-state index is 0.115. The zero-order valence-electron chi connectivity index (χ0n) is 16.5. The molecule has 7 nitrogen and oxygen atoms in total. The van der Waals surface area contributed by atoms with E-state index in [0.29, 0.717) is 47.7 Å². The lowest BCUT2D eigenvalue weighted by molar-refractivity contribution is -0.118. The van der Waals surface area contributed by atoms with E-state index in [2.05, 4.69) is 5.32 Å². The van der Waals surface area contributed by atoms with E-state index in [1.807, 2.05) is 13.0 Å². The smallest absolute Gasteiger partial charge is 0.262 e. The van der Waals surface area contributed by atoms with Gasteiger partial charge in [0.1, 0.15) is 11.5 Å². The van der Waals surface area contributed by atoms with Crippen LogP contribution in [0.1, 0.15) is 6.92 Å². The quantitative estimate of drug-likeness (QED) is 0.563. The molecule has 0 aliphatic rings. The zero-order valence-corrected chi connectivity index (χ0v) is 16.5. The number of hydrogen-bond donors (Lipinski definition) is 1. The number of nitrogens with zero attached hydrogens (tertiary/aromatic N) is 1. The van der Waals surface area contributed by atoms with Gasteiger partial charge in [-0.1, -0.05) is 6.07 Å². The Bertz CT molecular complexity index is 1030. The van der Waals surface area contributed by atoms with E-state index >= 15 is 0 Å². The second-order valence-electron chi connectivity index (χ2n) is 6.29. The first-order valence-corrected chi connectivity index (χ1v) is 9.39. The maximum absolute atomic E-state index is 12.7. The van der Waals surface area contributed by atoms with Crippen LogP contribution in [0.2, 0.25) is 0 Å². The van der Waals surface area contributed by atoms with Gasteiger partial charge in [0.15, 0.2) is 6.61 Å². The van der Waals surface area contributed by atoms with Crippen molar-refractivity contribution in [2.45, 2.75) is 13.5 Å². The summed E-state index contributed by atoms with van der Waals surface area (Å²) in [7, 11) is 1.58. The van der Waals surface area contributed by atoms with E-state index in [9.17, 15) is 9.59 Å². The third-order valence-corrected chi connectivity index (χ3v) is 4.39. The van der Waals surface area contributed by atoms with Gasteiger partial charge in [0.25, 0.3) is 11.5 Å². The Kier molecular flexibility index (Phi) is 6.86. The highest BCUT2D eigenvalue weighted by Crippen LogP contribution is 2.23. The Morgan fingerprint density at radius 2 is 1.86 bits per heavy atom. The summed E-state index contributed by atoms with van der Waals surface area (Å²) < 4.78 is 17.7. The van der Waals surface area contributed by atoms with Crippen molar-refractivity contribution in [3.05, 3.63) is 65.1 Å². The van der Waals surface area contributed by atoms with Crippen LogP contribution in [0.15, 0.2) is 59.5 Å². The molecule has 1 amide bonds. The average Bonchev–Trinajstić information content (AvgIpc) is 2.74. The van der Waals surface area contributed by atoms with Gasteiger partial charge in [-0.3, -0.25) is 9.59 Å². The summed E-state index contributed by atoms with van der Waals surface area (Å²) in [6.45, 7) is 3.32. The highest BCUT2D eigenvalue weighted by atomic mass is 16.5. The predicted octanol–water partition coefficient (Wildman–Crippen LogP) is 3.06. The van der Waals surface area contributed by atoms with Gasteiger partial charge in [0.2, 0.25) is 0 Å². The van der Waals surface area contributed by atoms with E-state index in [1.54, 1.807) is 60.3 Å².